The Kier molecular flexibility index (Phi) is 10.8. The summed E-state index contributed by atoms with van der Waals surface area (Å²) >= 11 is 7.08. The average Bonchev–Trinajstić information content (AvgIpc) is 3.27. The van der Waals surface area contributed by atoms with Crippen LogP contribution in [0.25, 0.3) is 5.13 Å². The predicted molar refractivity (Wildman–Crippen MR) is 116 cm³/mol. The van der Waals surface area contributed by atoms with Crippen LogP contribution in [0.3, 0.4) is 0 Å². The molecule has 7 heteroatoms. The van der Waals surface area contributed by atoms with E-state index in [0.29, 0.717) is 4.77 Å². The molecule has 0 unspecified atom stereocenters. The molecule has 152 valence electrons. The van der Waals surface area contributed by atoms with Crippen LogP contribution >= 0.6 is 23.6 Å². The number of unbranched alkanes of at least 4 members (excludes halogenated alkanes) is 10. The van der Waals surface area contributed by atoms with Crippen molar-refractivity contribution in [2.45, 2.75) is 104 Å². The Hall–Kier alpha value is -1.08. The summed E-state index contributed by atoms with van der Waals surface area (Å²) in [6.45, 7) is 4.50. The van der Waals surface area contributed by atoms with Gasteiger partial charge in [0.05, 0.1) is 0 Å². The average molecular weight is 410 g/mol. The summed E-state index contributed by atoms with van der Waals surface area (Å²) in [5.41, 5.74) is 0. The van der Waals surface area contributed by atoms with Crippen molar-refractivity contribution >= 4 is 23.6 Å². The van der Waals surface area contributed by atoms with E-state index >= 15 is 0 Å². The van der Waals surface area contributed by atoms with Crippen LogP contribution in [-0.2, 0) is 12.8 Å². The van der Waals surface area contributed by atoms with Crippen LogP contribution in [0.1, 0.15) is 102 Å². The van der Waals surface area contributed by atoms with E-state index in [1.54, 1.807) is 11.3 Å². The van der Waals surface area contributed by atoms with Gasteiger partial charge in [-0.3, -0.25) is 5.10 Å². The van der Waals surface area contributed by atoms with Crippen molar-refractivity contribution in [1.82, 2.24) is 25.0 Å². The first-order valence-electron chi connectivity index (χ1n) is 10.7. The highest BCUT2D eigenvalue weighted by molar-refractivity contribution is 7.71. The molecule has 1 N–H and O–H groups in total. The van der Waals surface area contributed by atoms with Gasteiger partial charge in [-0.15, -0.1) is 10.2 Å². The Labute approximate surface area is 173 Å². The number of aryl methyl sites for hydroxylation is 2. The first-order valence-corrected chi connectivity index (χ1v) is 12.0. The Balaban J connectivity index is 1.81. The van der Waals surface area contributed by atoms with Crippen molar-refractivity contribution in [1.29, 1.82) is 0 Å². The molecule has 0 aliphatic carbocycles. The highest BCUT2D eigenvalue weighted by Crippen LogP contribution is 2.20. The van der Waals surface area contributed by atoms with Gasteiger partial charge < -0.3 is 0 Å². The normalized spacial score (nSPS) is 11.3. The van der Waals surface area contributed by atoms with Crippen LogP contribution in [0.5, 0.6) is 0 Å². The zero-order valence-corrected chi connectivity index (χ0v) is 18.6. The maximum absolute atomic E-state index is 5.43. The minimum Gasteiger partial charge on any atom is -0.251 e. The second kappa shape index (κ2) is 13.2. The minimum atomic E-state index is 0.622. The molecule has 2 aromatic heterocycles. The number of hydrogen-bond acceptors (Lipinski definition) is 5. The Morgan fingerprint density at radius 3 is 2.07 bits per heavy atom. The fourth-order valence-electron chi connectivity index (χ4n) is 3.25. The lowest BCUT2D eigenvalue weighted by atomic mass is 10.1. The monoisotopic (exact) mass is 409 g/mol. The van der Waals surface area contributed by atoms with Crippen LogP contribution in [0.15, 0.2) is 0 Å². The number of nitrogens with one attached hydrogen (secondary N) is 1. The Bertz CT molecular complexity index is 689. The molecule has 2 aromatic rings. The van der Waals surface area contributed by atoms with E-state index in [0.717, 1.165) is 35.2 Å². The van der Waals surface area contributed by atoms with Gasteiger partial charge in [-0.2, -0.15) is 5.10 Å². The van der Waals surface area contributed by atoms with Gasteiger partial charge in [0, 0.05) is 12.8 Å². The van der Waals surface area contributed by atoms with Gasteiger partial charge in [-0.1, -0.05) is 89.4 Å². The van der Waals surface area contributed by atoms with Gasteiger partial charge in [-0.25, -0.2) is 4.57 Å². The van der Waals surface area contributed by atoms with E-state index in [1.165, 1.54) is 70.6 Å². The highest BCUT2D eigenvalue weighted by Gasteiger charge is 2.13. The van der Waals surface area contributed by atoms with Gasteiger partial charge in [0.15, 0.2) is 0 Å². The lowest BCUT2D eigenvalue weighted by Gasteiger charge is -2.02. The molecule has 2 rings (SSSR count). The molecule has 0 aliphatic rings. The molecule has 0 fully saturated rings. The number of nitrogens with zero attached hydrogens (tertiary/aromatic N) is 4. The fourth-order valence-corrected chi connectivity index (χ4v) is 4.45. The van der Waals surface area contributed by atoms with Crippen molar-refractivity contribution in [3.8, 4) is 5.13 Å². The third kappa shape index (κ3) is 7.82. The number of aromatic amines is 1. The quantitative estimate of drug-likeness (QED) is 0.266. The van der Waals surface area contributed by atoms with E-state index in [9.17, 15) is 0 Å². The highest BCUT2D eigenvalue weighted by atomic mass is 32.1. The van der Waals surface area contributed by atoms with Crippen molar-refractivity contribution in [2.75, 3.05) is 0 Å². The lowest BCUT2D eigenvalue weighted by molar-refractivity contribution is 0.588. The van der Waals surface area contributed by atoms with Gasteiger partial charge in [0.25, 0.3) is 0 Å². The molecule has 0 aromatic carbocycles. The third-order valence-electron chi connectivity index (χ3n) is 4.89. The molecule has 5 nitrogen and oxygen atoms in total. The molecule has 0 spiro atoms. The summed E-state index contributed by atoms with van der Waals surface area (Å²) in [5, 5.41) is 18.1. The van der Waals surface area contributed by atoms with Crippen molar-refractivity contribution in [3.63, 3.8) is 0 Å². The van der Waals surface area contributed by atoms with E-state index in [-0.39, 0.29) is 0 Å². The number of hydrogen-bond donors (Lipinski definition) is 1. The van der Waals surface area contributed by atoms with Gasteiger partial charge in [0.2, 0.25) is 9.90 Å². The van der Waals surface area contributed by atoms with Crippen molar-refractivity contribution in [3.05, 3.63) is 15.6 Å². The molecule has 0 aliphatic heterocycles. The molecule has 0 saturated carbocycles. The maximum Gasteiger partial charge on any atom is 0.220 e. The second-order valence-electron chi connectivity index (χ2n) is 7.29. The molecule has 2 heterocycles. The molecule has 27 heavy (non-hydrogen) atoms. The minimum absolute atomic E-state index is 0.622. The van der Waals surface area contributed by atoms with Crippen LogP contribution < -0.4 is 0 Å². The van der Waals surface area contributed by atoms with Crippen molar-refractivity contribution < 1.29 is 0 Å². The second-order valence-corrected chi connectivity index (χ2v) is 8.72. The predicted octanol–water partition coefficient (Wildman–Crippen LogP) is 6.59. The Morgan fingerprint density at radius 2 is 1.41 bits per heavy atom. The molecule has 0 radical (unpaired) electrons. The van der Waals surface area contributed by atoms with Gasteiger partial charge in [0.1, 0.15) is 10.8 Å². The summed E-state index contributed by atoms with van der Waals surface area (Å²) in [4.78, 5) is 0. The first kappa shape index (κ1) is 22.2. The summed E-state index contributed by atoms with van der Waals surface area (Å²) in [6.07, 6.45) is 17.4. The summed E-state index contributed by atoms with van der Waals surface area (Å²) in [5.74, 6) is 0.982. The largest absolute Gasteiger partial charge is 0.251 e. The number of aromatic nitrogens is 5. The van der Waals surface area contributed by atoms with Gasteiger partial charge in [-0.05, 0) is 25.1 Å². The van der Waals surface area contributed by atoms with E-state index in [4.69, 9.17) is 12.2 Å². The number of rotatable bonds is 15. The third-order valence-corrected chi connectivity index (χ3v) is 6.13. The zero-order chi connectivity index (χ0) is 19.3. The van der Waals surface area contributed by atoms with Crippen LogP contribution in [0, 0.1) is 4.77 Å². The first-order chi connectivity index (χ1) is 13.3. The van der Waals surface area contributed by atoms with E-state index < -0.39 is 0 Å². The van der Waals surface area contributed by atoms with E-state index in [2.05, 4.69) is 34.2 Å². The topological polar surface area (TPSA) is 59.4 Å². The molecule has 0 atom stereocenters. The van der Waals surface area contributed by atoms with Crippen LogP contribution in [0.2, 0.25) is 0 Å². The SMILES string of the molecule is CCCCCCCCCc1nnc(-n2c(CCCCCCC)n[nH]c2=S)s1. The standard InChI is InChI=1S/C20H35N5S2/c1-3-5-7-9-10-12-14-16-18-22-24-20(27-18)25-17(21-23-19(25)26)15-13-11-8-6-4-2/h3-16H2,1-2H3,(H,23,26). The number of H-pyrrole nitrogens is 1. The maximum atomic E-state index is 5.43. The molecule has 0 amide bonds. The van der Waals surface area contributed by atoms with Crippen molar-refractivity contribution in [2.24, 2.45) is 0 Å². The molecular formula is C20H35N5S2. The van der Waals surface area contributed by atoms with Gasteiger partial charge >= 0.3 is 0 Å². The molecular weight excluding hydrogens is 374 g/mol. The van der Waals surface area contributed by atoms with Crippen LogP contribution in [-0.4, -0.2) is 25.0 Å². The summed E-state index contributed by atoms with van der Waals surface area (Å²) in [6, 6.07) is 0. The molecule has 0 bridgehead atoms. The fraction of sp³-hybridized carbons (Fsp3) is 0.800. The Morgan fingerprint density at radius 1 is 0.815 bits per heavy atom. The van der Waals surface area contributed by atoms with Crippen LogP contribution in [0.4, 0.5) is 0 Å². The molecule has 0 saturated heterocycles. The smallest absolute Gasteiger partial charge is 0.220 e. The lowest BCUT2D eigenvalue weighted by Crippen LogP contribution is -2.01. The summed E-state index contributed by atoms with van der Waals surface area (Å²) < 4.78 is 2.60. The zero-order valence-electron chi connectivity index (χ0n) is 17.0. The summed E-state index contributed by atoms with van der Waals surface area (Å²) in [7, 11) is 0. The van der Waals surface area contributed by atoms with E-state index in [1.807, 2.05) is 4.57 Å².